The number of nitrogens with two attached hydrogens (primary N) is 1. The molecule has 0 aliphatic rings. The summed E-state index contributed by atoms with van der Waals surface area (Å²) in [6, 6.07) is 21.2. The van der Waals surface area contributed by atoms with Gasteiger partial charge in [-0.1, -0.05) is 60.1 Å². The number of para-hydroxylation sites is 1. The number of benzene rings is 2. The zero-order valence-electron chi connectivity index (χ0n) is 11.8. The van der Waals surface area contributed by atoms with Crippen LogP contribution in [0.3, 0.4) is 0 Å². The molecule has 0 saturated heterocycles. The van der Waals surface area contributed by atoms with Crippen molar-refractivity contribution in [1.82, 2.24) is 4.98 Å². The van der Waals surface area contributed by atoms with E-state index >= 15 is 0 Å². The van der Waals surface area contributed by atoms with E-state index in [2.05, 4.69) is 4.98 Å². The van der Waals surface area contributed by atoms with Gasteiger partial charge in [-0.25, -0.2) is 9.98 Å². The van der Waals surface area contributed by atoms with Crippen molar-refractivity contribution in [1.29, 1.82) is 0 Å². The summed E-state index contributed by atoms with van der Waals surface area (Å²) in [6.07, 6.45) is 1.64. The second kappa shape index (κ2) is 6.41. The lowest BCUT2D eigenvalue weighted by Gasteiger charge is -2.10. The van der Waals surface area contributed by atoms with Gasteiger partial charge in [-0.05, 0) is 18.2 Å². The number of aliphatic imine (C=N–C) groups is 1. The first kappa shape index (κ1) is 14.3. The Balaban J connectivity index is 2.21. The van der Waals surface area contributed by atoms with Crippen LogP contribution in [0.1, 0.15) is 11.1 Å². The van der Waals surface area contributed by atoms with Gasteiger partial charge >= 0.3 is 0 Å². The highest BCUT2D eigenvalue weighted by molar-refractivity contribution is 6.32. The lowest BCUT2D eigenvalue weighted by atomic mass is 10.0. The molecule has 2 aromatic carbocycles. The molecule has 4 heteroatoms. The summed E-state index contributed by atoms with van der Waals surface area (Å²) in [5.41, 5.74) is 10.0. The van der Waals surface area contributed by atoms with Gasteiger partial charge in [0.05, 0.1) is 5.71 Å². The van der Waals surface area contributed by atoms with Gasteiger partial charge in [0.15, 0.2) is 5.15 Å². The minimum Gasteiger partial charge on any atom is -0.398 e. The maximum Gasteiger partial charge on any atom is 0.154 e. The predicted molar refractivity (Wildman–Crippen MR) is 91.8 cm³/mol. The summed E-state index contributed by atoms with van der Waals surface area (Å²) in [5.74, 6) is 0. The Morgan fingerprint density at radius 1 is 0.909 bits per heavy atom. The maximum absolute atomic E-state index is 6.13. The molecule has 0 aliphatic carbocycles. The molecular formula is C18H14ClN3. The summed E-state index contributed by atoms with van der Waals surface area (Å²) in [5, 5.41) is 0.366. The molecule has 0 fully saturated rings. The van der Waals surface area contributed by atoms with Crippen LogP contribution in [0, 0.1) is 0 Å². The van der Waals surface area contributed by atoms with Gasteiger partial charge in [0.1, 0.15) is 5.69 Å². The van der Waals surface area contributed by atoms with Crippen molar-refractivity contribution >= 4 is 28.7 Å². The summed E-state index contributed by atoms with van der Waals surface area (Å²) in [4.78, 5) is 8.77. The van der Waals surface area contributed by atoms with E-state index in [1.807, 2.05) is 66.7 Å². The van der Waals surface area contributed by atoms with Gasteiger partial charge in [0.2, 0.25) is 0 Å². The number of pyridine rings is 1. The summed E-state index contributed by atoms with van der Waals surface area (Å²) in [7, 11) is 0. The highest BCUT2D eigenvalue weighted by Gasteiger charge is 2.11. The molecule has 0 bridgehead atoms. The largest absolute Gasteiger partial charge is 0.398 e. The number of halogens is 1. The minimum atomic E-state index is 0.366. The Hall–Kier alpha value is -2.65. The quantitative estimate of drug-likeness (QED) is 0.440. The normalized spacial score (nSPS) is 11.4. The molecule has 0 atom stereocenters. The zero-order chi connectivity index (χ0) is 15.4. The molecule has 1 aromatic heterocycles. The van der Waals surface area contributed by atoms with Crippen molar-refractivity contribution in [3.8, 4) is 0 Å². The Kier molecular flexibility index (Phi) is 4.17. The average molecular weight is 308 g/mol. The first-order valence-electron chi connectivity index (χ1n) is 6.85. The van der Waals surface area contributed by atoms with E-state index in [0.29, 0.717) is 16.5 Å². The third-order valence-corrected chi connectivity index (χ3v) is 3.53. The smallest absolute Gasteiger partial charge is 0.154 e. The van der Waals surface area contributed by atoms with Gasteiger partial charge in [-0.2, -0.15) is 0 Å². The van der Waals surface area contributed by atoms with E-state index in [9.17, 15) is 0 Å². The summed E-state index contributed by atoms with van der Waals surface area (Å²) >= 11 is 6.13. The second-order valence-corrected chi connectivity index (χ2v) is 5.09. The zero-order valence-corrected chi connectivity index (χ0v) is 12.5. The van der Waals surface area contributed by atoms with Gasteiger partial charge in [0, 0.05) is 23.0 Å². The fourth-order valence-corrected chi connectivity index (χ4v) is 2.33. The molecule has 0 spiro atoms. The molecule has 3 nitrogen and oxygen atoms in total. The molecule has 0 radical (unpaired) electrons. The molecule has 0 saturated carbocycles. The molecule has 3 aromatic rings. The van der Waals surface area contributed by atoms with Gasteiger partial charge in [-0.3, -0.25) is 0 Å². The average Bonchev–Trinajstić information content (AvgIpc) is 2.56. The van der Waals surface area contributed by atoms with Crippen molar-refractivity contribution < 1.29 is 0 Å². The molecule has 22 heavy (non-hydrogen) atoms. The van der Waals surface area contributed by atoms with Gasteiger partial charge in [0.25, 0.3) is 0 Å². The Labute approximate surface area is 134 Å². The van der Waals surface area contributed by atoms with E-state index in [-0.39, 0.29) is 0 Å². The highest BCUT2D eigenvalue weighted by atomic mass is 35.5. The van der Waals surface area contributed by atoms with Gasteiger partial charge < -0.3 is 5.73 Å². The lowest BCUT2D eigenvalue weighted by molar-refractivity contribution is 1.30. The first-order valence-corrected chi connectivity index (χ1v) is 7.23. The molecule has 108 valence electrons. The van der Waals surface area contributed by atoms with Crippen LogP contribution in [0.2, 0.25) is 5.15 Å². The molecule has 0 unspecified atom stereocenters. The third-order valence-electron chi connectivity index (χ3n) is 3.23. The Bertz CT molecular complexity index is 813. The number of rotatable bonds is 3. The topological polar surface area (TPSA) is 51.3 Å². The number of nitrogen functional groups attached to an aromatic ring is 1. The van der Waals surface area contributed by atoms with E-state index in [1.54, 1.807) is 6.20 Å². The van der Waals surface area contributed by atoms with Crippen LogP contribution in [-0.2, 0) is 0 Å². The van der Waals surface area contributed by atoms with Crippen LogP contribution in [0.15, 0.2) is 77.9 Å². The molecule has 1 heterocycles. The monoisotopic (exact) mass is 307 g/mol. The number of hydrogen-bond donors (Lipinski definition) is 1. The molecule has 0 aliphatic heterocycles. The number of aromatic nitrogens is 1. The summed E-state index contributed by atoms with van der Waals surface area (Å²) in [6.45, 7) is 0. The number of anilines is 1. The van der Waals surface area contributed by atoms with Crippen molar-refractivity contribution in [2.45, 2.75) is 0 Å². The first-order chi connectivity index (χ1) is 10.8. The minimum absolute atomic E-state index is 0.366. The van der Waals surface area contributed by atoms with Crippen molar-refractivity contribution in [2.75, 3.05) is 5.73 Å². The van der Waals surface area contributed by atoms with Crippen LogP contribution < -0.4 is 5.73 Å². The van der Waals surface area contributed by atoms with Gasteiger partial charge in [-0.15, -0.1) is 0 Å². The Morgan fingerprint density at radius 3 is 2.36 bits per heavy atom. The highest BCUT2D eigenvalue weighted by Crippen LogP contribution is 2.25. The van der Waals surface area contributed by atoms with Crippen LogP contribution >= 0.6 is 11.6 Å². The van der Waals surface area contributed by atoms with Crippen molar-refractivity contribution in [3.05, 3.63) is 89.2 Å². The van der Waals surface area contributed by atoms with Crippen LogP contribution in [0.4, 0.5) is 11.4 Å². The fourth-order valence-electron chi connectivity index (χ4n) is 2.17. The molecule has 2 N–H and O–H groups in total. The third kappa shape index (κ3) is 3.00. The number of nitrogens with zero attached hydrogens (tertiary/aromatic N) is 2. The lowest BCUT2D eigenvalue weighted by Crippen LogP contribution is -2.06. The van der Waals surface area contributed by atoms with E-state index in [1.165, 1.54) is 0 Å². The van der Waals surface area contributed by atoms with E-state index < -0.39 is 0 Å². The van der Waals surface area contributed by atoms with Crippen LogP contribution in [0.25, 0.3) is 0 Å². The Morgan fingerprint density at radius 2 is 1.64 bits per heavy atom. The standard InChI is InChI=1S/C18H14ClN3/c19-18-16(11-6-12-21-18)22-17(13-7-2-1-3-8-13)14-9-4-5-10-15(14)20/h1-12H,20H2/b22-17-. The molecular weight excluding hydrogens is 294 g/mol. The summed E-state index contributed by atoms with van der Waals surface area (Å²) < 4.78 is 0. The second-order valence-electron chi connectivity index (χ2n) is 4.73. The van der Waals surface area contributed by atoms with Crippen molar-refractivity contribution in [3.63, 3.8) is 0 Å². The van der Waals surface area contributed by atoms with E-state index in [4.69, 9.17) is 22.3 Å². The molecule has 0 amide bonds. The van der Waals surface area contributed by atoms with E-state index in [0.717, 1.165) is 16.8 Å². The SMILES string of the molecule is Nc1ccccc1/C(=N\c1cccnc1Cl)c1ccccc1. The predicted octanol–water partition coefficient (Wildman–Crippen LogP) is 4.49. The van der Waals surface area contributed by atoms with Crippen LogP contribution in [-0.4, -0.2) is 10.7 Å². The van der Waals surface area contributed by atoms with Crippen LogP contribution in [0.5, 0.6) is 0 Å². The fraction of sp³-hybridized carbons (Fsp3) is 0. The maximum atomic E-state index is 6.13. The van der Waals surface area contributed by atoms with Crippen molar-refractivity contribution in [2.24, 2.45) is 4.99 Å². The number of hydrogen-bond acceptors (Lipinski definition) is 3. The molecule has 3 rings (SSSR count).